The van der Waals surface area contributed by atoms with E-state index in [0.717, 1.165) is 25.7 Å². The molecule has 3 heteroatoms. The summed E-state index contributed by atoms with van der Waals surface area (Å²) in [6, 6.07) is 0. The normalized spacial score (nSPS) is 13.4. The molecule has 0 aromatic rings. The van der Waals surface area contributed by atoms with Gasteiger partial charge in [-0.1, -0.05) is 104 Å². The molecule has 0 saturated heterocycles. The fourth-order valence-corrected chi connectivity index (χ4v) is 3.23. The second-order valence-corrected chi connectivity index (χ2v) is 7.20. The van der Waals surface area contributed by atoms with Crippen LogP contribution < -0.4 is 0 Å². The van der Waals surface area contributed by atoms with Gasteiger partial charge in [-0.3, -0.25) is 0 Å². The topological polar surface area (TPSA) is 60.7 Å². The standard InChI is InChI=1S/C20H42O3/c1-3-5-7-9-11-12-14-16-18-19(20(21,22)23)17-15-13-10-8-6-4-2/h19,21-23H,3-18H2,1-2H3. The highest BCUT2D eigenvalue weighted by molar-refractivity contribution is 4.67. The van der Waals surface area contributed by atoms with Crippen molar-refractivity contribution in [1.29, 1.82) is 0 Å². The molecule has 0 bridgehead atoms. The number of rotatable bonds is 17. The Kier molecular flexibility index (Phi) is 15.3. The van der Waals surface area contributed by atoms with Crippen LogP contribution in [0.4, 0.5) is 0 Å². The smallest absolute Gasteiger partial charge is 0.278 e. The Bertz CT molecular complexity index is 236. The van der Waals surface area contributed by atoms with E-state index >= 15 is 0 Å². The van der Waals surface area contributed by atoms with Gasteiger partial charge in [0, 0.05) is 5.92 Å². The lowest BCUT2D eigenvalue weighted by atomic mass is 9.92. The third-order valence-electron chi connectivity index (χ3n) is 4.86. The third kappa shape index (κ3) is 15.2. The van der Waals surface area contributed by atoms with Crippen molar-refractivity contribution in [3.8, 4) is 0 Å². The van der Waals surface area contributed by atoms with Crippen LogP contribution in [0.1, 0.15) is 117 Å². The van der Waals surface area contributed by atoms with Crippen molar-refractivity contribution in [2.24, 2.45) is 5.92 Å². The number of unbranched alkanes of at least 4 members (excludes halogenated alkanes) is 12. The summed E-state index contributed by atoms with van der Waals surface area (Å²) >= 11 is 0. The Morgan fingerprint density at radius 1 is 0.522 bits per heavy atom. The third-order valence-corrected chi connectivity index (χ3v) is 4.86. The number of aliphatic hydroxyl groups is 3. The zero-order valence-corrected chi connectivity index (χ0v) is 15.7. The quantitative estimate of drug-likeness (QED) is 0.243. The SMILES string of the molecule is CCCCCCCCCCC(CCCCCCCC)C(O)(O)O. The van der Waals surface area contributed by atoms with Crippen molar-refractivity contribution < 1.29 is 15.3 Å². The number of hydrogen-bond donors (Lipinski definition) is 3. The average Bonchev–Trinajstić information content (AvgIpc) is 2.50. The first-order valence-electron chi connectivity index (χ1n) is 10.2. The first-order chi connectivity index (χ1) is 11.0. The molecule has 1 unspecified atom stereocenters. The van der Waals surface area contributed by atoms with E-state index in [4.69, 9.17) is 0 Å². The Morgan fingerprint density at radius 2 is 0.826 bits per heavy atom. The summed E-state index contributed by atoms with van der Waals surface area (Å²) in [7, 11) is 0. The molecule has 140 valence electrons. The maximum absolute atomic E-state index is 9.53. The first kappa shape index (κ1) is 22.9. The predicted octanol–water partition coefficient (Wildman–Crippen LogP) is 5.51. The molecule has 0 amide bonds. The van der Waals surface area contributed by atoms with E-state index in [9.17, 15) is 15.3 Å². The molecule has 0 fully saturated rings. The molecule has 0 aliphatic carbocycles. The van der Waals surface area contributed by atoms with E-state index in [1.807, 2.05) is 0 Å². The lowest BCUT2D eigenvalue weighted by molar-refractivity contribution is -0.344. The van der Waals surface area contributed by atoms with E-state index in [2.05, 4.69) is 13.8 Å². The molecule has 0 radical (unpaired) electrons. The summed E-state index contributed by atoms with van der Waals surface area (Å²) in [6.07, 6.45) is 18.4. The van der Waals surface area contributed by atoms with Crippen LogP contribution in [-0.4, -0.2) is 21.3 Å². The highest BCUT2D eigenvalue weighted by Gasteiger charge is 2.30. The molecule has 0 aliphatic heterocycles. The summed E-state index contributed by atoms with van der Waals surface area (Å²) in [5.41, 5.74) is 0. The number of hydrogen-bond acceptors (Lipinski definition) is 3. The predicted molar refractivity (Wildman–Crippen MR) is 98.1 cm³/mol. The second kappa shape index (κ2) is 15.4. The Morgan fingerprint density at radius 3 is 1.13 bits per heavy atom. The van der Waals surface area contributed by atoms with Crippen molar-refractivity contribution in [2.75, 3.05) is 0 Å². The van der Waals surface area contributed by atoms with Crippen LogP contribution in [0.2, 0.25) is 0 Å². The van der Waals surface area contributed by atoms with Crippen molar-refractivity contribution in [3.63, 3.8) is 0 Å². The van der Waals surface area contributed by atoms with Gasteiger partial charge in [-0.25, -0.2) is 0 Å². The van der Waals surface area contributed by atoms with E-state index < -0.39 is 11.9 Å². The lowest BCUT2D eigenvalue weighted by Crippen LogP contribution is -2.37. The fourth-order valence-electron chi connectivity index (χ4n) is 3.23. The van der Waals surface area contributed by atoms with Crippen molar-refractivity contribution in [2.45, 2.75) is 123 Å². The highest BCUT2D eigenvalue weighted by Crippen LogP contribution is 2.26. The van der Waals surface area contributed by atoms with Crippen LogP contribution in [0.15, 0.2) is 0 Å². The van der Waals surface area contributed by atoms with Gasteiger partial charge in [0.15, 0.2) is 0 Å². The minimum atomic E-state index is -2.50. The van der Waals surface area contributed by atoms with E-state index in [1.54, 1.807) is 0 Å². The summed E-state index contributed by atoms with van der Waals surface area (Å²) in [5.74, 6) is -2.89. The molecular formula is C20H42O3. The van der Waals surface area contributed by atoms with Gasteiger partial charge in [-0.05, 0) is 12.8 Å². The summed E-state index contributed by atoms with van der Waals surface area (Å²) < 4.78 is 0. The first-order valence-corrected chi connectivity index (χ1v) is 10.2. The van der Waals surface area contributed by atoms with E-state index in [1.165, 1.54) is 64.2 Å². The zero-order chi connectivity index (χ0) is 17.4. The van der Waals surface area contributed by atoms with Crippen molar-refractivity contribution in [1.82, 2.24) is 0 Å². The van der Waals surface area contributed by atoms with Gasteiger partial charge in [-0.2, -0.15) is 0 Å². The van der Waals surface area contributed by atoms with E-state index in [0.29, 0.717) is 12.8 Å². The molecule has 1 atom stereocenters. The maximum Gasteiger partial charge on any atom is 0.278 e. The minimum absolute atomic E-state index is 0.395. The summed E-state index contributed by atoms with van der Waals surface area (Å²) in [5, 5.41) is 28.6. The fraction of sp³-hybridized carbons (Fsp3) is 1.00. The molecule has 0 rings (SSSR count). The molecule has 0 heterocycles. The van der Waals surface area contributed by atoms with Crippen molar-refractivity contribution >= 4 is 0 Å². The monoisotopic (exact) mass is 330 g/mol. The van der Waals surface area contributed by atoms with E-state index in [-0.39, 0.29) is 0 Å². The van der Waals surface area contributed by atoms with Crippen LogP contribution in [0.5, 0.6) is 0 Å². The van der Waals surface area contributed by atoms with Crippen LogP contribution in [0.3, 0.4) is 0 Å². The molecule has 0 spiro atoms. The van der Waals surface area contributed by atoms with Gasteiger partial charge in [0.2, 0.25) is 0 Å². The molecule has 0 aliphatic rings. The molecule has 0 saturated carbocycles. The van der Waals surface area contributed by atoms with Gasteiger partial charge < -0.3 is 15.3 Å². The highest BCUT2D eigenvalue weighted by atomic mass is 16.7. The summed E-state index contributed by atoms with van der Waals surface area (Å²) in [6.45, 7) is 4.44. The average molecular weight is 331 g/mol. The largest absolute Gasteiger partial charge is 0.343 e. The summed E-state index contributed by atoms with van der Waals surface area (Å²) in [4.78, 5) is 0. The van der Waals surface area contributed by atoms with Crippen LogP contribution in [-0.2, 0) is 0 Å². The second-order valence-electron chi connectivity index (χ2n) is 7.20. The lowest BCUT2D eigenvalue weighted by Gasteiger charge is -2.26. The molecule has 3 N–H and O–H groups in total. The van der Waals surface area contributed by atoms with Gasteiger partial charge in [0.05, 0.1) is 0 Å². The van der Waals surface area contributed by atoms with Crippen LogP contribution in [0, 0.1) is 5.92 Å². The van der Waals surface area contributed by atoms with Gasteiger partial charge in [0.25, 0.3) is 5.97 Å². The maximum atomic E-state index is 9.53. The molecule has 0 aromatic carbocycles. The zero-order valence-electron chi connectivity index (χ0n) is 15.7. The molecule has 23 heavy (non-hydrogen) atoms. The van der Waals surface area contributed by atoms with Gasteiger partial charge >= 0.3 is 0 Å². The molecule has 0 aromatic heterocycles. The van der Waals surface area contributed by atoms with Gasteiger partial charge in [0.1, 0.15) is 0 Å². The molecular weight excluding hydrogens is 288 g/mol. The molecule has 3 nitrogen and oxygen atoms in total. The van der Waals surface area contributed by atoms with Crippen LogP contribution >= 0.6 is 0 Å². The minimum Gasteiger partial charge on any atom is -0.343 e. The Balaban J connectivity index is 3.69. The van der Waals surface area contributed by atoms with Crippen molar-refractivity contribution in [3.05, 3.63) is 0 Å². The van der Waals surface area contributed by atoms with Crippen LogP contribution in [0.25, 0.3) is 0 Å². The Labute approximate surface area is 144 Å². The Hall–Kier alpha value is -0.120. The van der Waals surface area contributed by atoms with Gasteiger partial charge in [-0.15, -0.1) is 0 Å².